The molecule has 118 valence electrons. The fourth-order valence-corrected chi connectivity index (χ4v) is 3.87. The van der Waals surface area contributed by atoms with E-state index in [2.05, 4.69) is 10.6 Å². The lowest BCUT2D eigenvalue weighted by Crippen LogP contribution is -2.53. The molecule has 0 aromatic heterocycles. The number of amides is 2. The maximum absolute atomic E-state index is 12.6. The van der Waals surface area contributed by atoms with Crippen molar-refractivity contribution in [2.45, 2.75) is 44.2 Å². The highest BCUT2D eigenvalue weighted by atomic mass is 16.5. The van der Waals surface area contributed by atoms with Crippen molar-refractivity contribution in [2.24, 2.45) is 11.8 Å². The molecule has 0 radical (unpaired) electrons. The zero-order valence-electron chi connectivity index (χ0n) is 12.5. The predicted molar refractivity (Wildman–Crippen MR) is 73.9 cm³/mol. The number of hydrogen-bond acceptors (Lipinski definition) is 5. The Labute approximate surface area is 124 Å². The van der Waals surface area contributed by atoms with Crippen LogP contribution in [0.5, 0.6) is 0 Å². The minimum Gasteiger partial charge on any atom is -0.381 e. The summed E-state index contributed by atoms with van der Waals surface area (Å²) in [5.41, 5.74) is -0.927. The molecule has 0 aromatic rings. The van der Waals surface area contributed by atoms with E-state index in [0.717, 1.165) is 19.3 Å². The Bertz CT molecular complexity index is 458. The molecule has 3 rings (SSSR count). The van der Waals surface area contributed by atoms with Crippen LogP contribution in [0.2, 0.25) is 0 Å². The second-order valence-corrected chi connectivity index (χ2v) is 6.61. The summed E-state index contributed by atoms with van der Waals surface area (Å²) < 4.78 is 5.39. The Hall–Kier alpha value is -1.18. The van der Waals surface area contributed by atoms with Crippen molar-refractivity contribution in [1.29, 1.82) is 0 Å². The molecule has 0 spiro atoms. The van der Waals surface area contributed by atoms with E-state index in [0.29, 0.717) is 19.0 Å². The number of likely N-dealkylation sites (tertiary alicyclic amines) is 1. The number of methoxy groups -OCH3 is 1. The van der Waals surface area contributed by atoms with Crippen LogP contribution in [0.25, 0.3) is 0 Å². The Morgan fingerprint density at radius 2 is 2.19 bits per heavy atom. The third kappa shape index (κ3) is 2.54. The van der Waals surface area contributed by atoms with E-state index < -0.39 is 11.9 Å². The number of fused-ring (bicyclic) bond motifs is 1. The number of nitrogens with zero attached hydrogens (tertiary/aromatic N) is 1. The molecule has 21 heavy (non-hydrogen) atoms. The molecule has 2 saturated heterocycles. The van der Waals surface area contributed by atoms with E-state index in [9.17, 15) is 14.7 Å². The monoisotopic (exact) mass is 297 g/mol. The van der Waals surface area contributed by atoms with Gasteiger partial charge in [-0.25, -0.2) is 0 Å². The number of rotatable bonds is 3. The molecule has 3 N–H and O–H groups in total. The number of aliphatic hydroxyl groups excluding tert-OH is 1. The molecule has 3 aliphatic rings. The Balaban J connectivity index is 1.68. The summed E-state index contributed by atoms with van der Waals surface area (Å²) >= 11 is 0. The average molecular weight is 297 g/mol. The van der Waals surface area contributed by atoms with Gasteiger partial charge in [-0.15, -0.1) is 0 Å². The van der Waals surface area contributed by atoms with Gasteiger partial charge < -0.3 is 20.1 Å². The van der Waals surface area contributed by atoms with Gasteiger partial charge in [0.2, 0.25) is 11.8 Å². The van der Waals surface area contributed by atoms with Crippen molar-refractivity contribution in [1.82, 2.24) is 15.5 Å². The summed E-state index contributed by atoms with van der Waals surface area (Å²) in [6.07, 6.45) is 1.88. The third-order valence-electron chi connectivity index (χ3n) is 5.09. The van der Waals surface area contributed by atoms with Gasteiger partial charge in [0.25, 0.3) is 0 Å². The topological polar surface area (TPSA) is 90.9 Å². The molecule has 7 heteroatoms. The van der Waals surface area contributed by atoms with Gasteiger partial charge in [-0.3, -0.25) is 14.9 Å². The highest BCUT2D eigenvalue weighted by Gasteiger charge is 2.49. The first-order chi connectivity index (χ1) is 9.93. The van der Waals surface area contributed by atoms with E-state index in [1.54, 1.807) is 18.9 Å². The number of carbonyl (C=O) groups excluding carboxylic acids is 2. The van der Waals surface area contributed by atoms with Crippen LogP contribution in [0.4, 0.5) is 0 Å². The lowest BCUT2D eigenvalue weighted by atomic mass is 9.80. The van der Waals surface area contributed by atoms with Gasteiger partial charge in [-0.05, 0) is 32.1 Å². The van der Waals surface area contributed by atoms with Crippen molar-refractivity contribution in [2.75, 3.05) is 20.2 Å². The SMILES string of the molecule is COC1CCC2CN(CC3(C)NC(O)NC3=O)C(=O)C2C1. The zero-order valence-corrected chi connectivity index (χ0v) is 12.5. The second-order valence-electron chi connectivity index (χ2n) is 6.61. The molecule has 0 aromatic carbocycles. The average Bonchev–Trinajstić information content (AvgIpc) is 2.87. The van der Waals surface area contributed by atoms with Gasteiger partial charge in [0.05, 0.1) is 6.10 Å². The van der Waals surface area contributed by atoms with Crippen molar-refractivity contribution in [3.63, 3.8) is 0 Å². The molecular formula is C14H23N3O4. The highest BCUT2D eigenvalue weighted by molar-refractivity contribution is 5.89. The molecule has 2 aliphatic heterocycles. The molecule has 1 aliphatic carbocycles. The number of hydrogen-bond donors (Lipinski definition) is 3. The van der Waals surface area contributed by atoms with Crippen LogP contribution in [0, 0.1) is 11.8 Å². The molecular weight excluding hydrogens is 274 g/mol. The van der Waals surface area contributed by atoms with Crippen molar-refractivity contribution in [3.05, 3.63) is 0 Å². The summed E-state index contributed by atoms with van der Waals surface area (Å²) in [4.78, 5) is 26.3. The Morgan fingerprint density at radius 1 is 1.43 bits per heavy atom. The molecule has 7 nitrogen and oxygen atoms in total. The van der Waals surface area contributed by atoms with E-state index in [1.165, 1.54) is 0 Å². The maximum atomic E-state index is 12.6. The molecule has 3 fully saturated rings. The normalized spacial score (nSPS) is 43.1. The van der Waals surface area contributed by atoms with Crippen molar-refractivity contribution in [3.8, 4) is 0 Å². The lowest BCUT2D eigenvalue weighted by Gasteiger charge is -2.28. The molecule has 1 saturated carbocycles. The van der Waals surface area contributed by atoms with E-state index in [-0.39, 0.29) is 23.8 Å². The summed E-state index contributed by atoms with van der Waals surface area (Å²) in [6.45, 7) is 2.70. The van der Waals surface area contributed by atoms with Crippen LogP contribution in [-0.2, 0) is 14.3 Å². The van der Waals surface area contributed by atoms with E-state index >= 15 is 0 Å². The molecule has 0 bridgehead atoms. The van der Waals surface area contributed by atoms with Gasteiger partial charge in [0.15, 0.2) is 6.35 Å². The van der Waals surface area contributed by atoms with Crippen molar-refractivity contribution >= 4 is 11.8 Å². The second kappa shape index (κ2) is 5.23. The molecule has 2 heterocycles. The Morgan fingerprint density at radius 3 is 2.81 bits per heavy atom. The number of aliphatic hydroxyl groups is 1. The minimum absolute atomic E-state index is 0.0155. The Kier molecular flexibility index (Phi) is 3.67. The van der Waals surface area contributed by atoms with E-state index in [1.807, 2.05) is 0 Å². The molecule has 5 unspecified atom stereocenters. The minimum atomic E-state index is -1.04. The molecule has 5 atom stereocenters. The van der Waals surface area contributed by atoms with Gasteiger partial charge in [0.1, 0.15) is 5.54 Å². The summed E-state index contributed by atoms with van der Waals surface area (Å²) in [5, 5.41) is 14.7. The van der Waals surface area contributed by atoms with Crippen LogP contribution in [0.3, 0.4) is 0 Å². The summed E-state index contributed by atoms with van der Waals surface area (Å²) in [6, 6.07) is 0. The van der Waals surface area contributed by atoms with Crippen LogP contribution < -0.4 is 10.6 Å². The van der Waals surface area contributed by atoms with Crippen LogP contribution in [0.1, 0.15) is 26.2 Å². The smallest absolute Gasteiger partial charge is 0.245 e. The number of carbonyl (C=O) groups is 2. The maximum Gasteiger partial charge on any atom is 0.245 e. The van der Waals surface area contributed by atoms with Crippen LogP contribution >= 0.6 is 0 Å². The predicted octanol–water partition coefficient (Wildman–Crippen LogP) is -0.986. The third-order valence-corrected chi connectivity index (χ3v) is 5.09. The van der Waals surface area contributed by atoms with E-state index in [4.69, 9.17) is 4.74 Å². The van der Waals surface area contributed by atoms with Crippen LogP contribution in [0.15, 0.2) is 0 Å². The number of nitrogens with one attached hydrogen (secondary N) is 2. The molecule has 2 amide bonds. The summed E-state index contributed by atoms with van der Waals surface area (Å²) in [7, 11) is 1.69. The van der Waals surface area contributed by atoms with Gasteiger partial charge >= 0.3 is 0 Å². The van der Waals surface area contributed by atoms with Gasteiger partial charge in [-0.1, -0.05) is 0 Å². The summed E-state index contributed by atoms with van der Waals surface area (Å²) in [5.74, 6) is 0.218. The lowest BCUT2D eigenvalue weighted by molar-refractivity contribution is -0.134. The van der Waals surface area contributed by atoms with Gasteiger partial charge in [-0.2, -0.15) is 0 Å². The first-order valence-corrected chi connectivity index (χ1v) is 7.51. The number of ether oxygens (including phenoxy) is 1. The quantitative estimate of drug-likeness (QED) is 0.622. The van der Waals surface area contributed by atoms with Gasteiger partial charge in [0, 0.05) is 26.1 Å². The standard InChI is InChI=1S/C14H23N3O4/c1-14(12(19)15-13(20)16-14)7-17-6-8-3-4-9(21-2)5-10(8)11(17)18/h8-10,13,16,20H,3-7H2,1-2H3,(H,15,19). The van der Waals surface area contributed by atoms with Crippen molar-refractivity contribution < 1.29 is 19.4 Å². The zero-order chi connectivity index (χ0) is 15.2. The van der Waals surface area contributed by atoms with Crippen LogP contribution in [-0.4, -0.2) is 60.0 Å². The fraction of sp³-hybridized carbons (Fsp3) is 0.857. The largest absolute Gasteiger partial charge is 0.381 e. The first kappa shape index (κ1) is 14.7. The highest BCUT2D eigenvalue weighted by Crippen LogP contribution is 2.38. The first-order valence-electron chi connectivity index (χ1n) is 7.51. The fourth-order valence-electron chi connectivity index (χ4n) is 3.87.